The molecule has 0 fully saturated rings. The van der Waals surface area contributed by atoms with E-state index in [1.54, 1.807) is 6.08 Å². The Kier molecular flexibility index (Phi) is 3.11. The van der Waals surface area contributed by atoms with Gasteiger partial charge >= 0.3 is 11.9 Å². The average molecular weight is 199 g/mol. The SMILES string of the molecule is COC(=O)C1C=C(N)CC(C(=O)O)C1. The van der Waals surface area contributed by atoms with Crippen molar-refractivity contribution in [3.05, 3.63) is 11.8 Å². The predicted octanol–water partition coefficient (Wildman–Crippen LogP) is 0.113. The number of aliphatic carboxylic acids is 1. The summed E-state index contributed by atoms with van der Waals surface area (Å²) in [6.07, 6.45) is 2.15. The largest absolute Gasteiger partial charge is 0.481 e. The van der Waals surface area contributed by atoms with Gasteiger partial charge in [0.15, 0.2) is 0 Å². The molecule has 1 rings (SSSR count). The highest BCUT2D eigenvalue weighted by molar-refractivity contribution is 5.77. The van der Waals surface area contributed by atoms with E-state index in [0.29, 0.717) is 12.1 Å². The fraction of sp³-hybridized carbons (Fsp3) is 0.556. The Labute approximate surface area is 81.5 Å². The maximum absolute atomic E-state index is 11.2. The molecule has 5 heteroatoms. The molecular weight excluding hydrogens is 186 g/mol. The van der Waals surface area contributed by atoms with Crippen LogP contribution >= 0.6 is 0 Å². The summed E-state index contributed by atoms with van der Waals surface area (Å²) in [5, 5.41) is 8.79. The minimum Gasteiger partial charge on any atom is -0.481 e. The number of ether oxygens (including phenoxy) is 1. The number of carbonyl (C=O) groups is 2. The monoisotopic (exact) mass is 199 g/mol. The average Bonchev–Trinajstić information content (AvgIpc) is 2.15. The predicted molar refractivity (Wildman–Crippen MR) is 48.1 cm³/mol. The molecule has 0 bridgehead atoms. The number of rotatable bonds is 2. The summed E-state index contributed by atoms with van der Waals surface area (Å²) in [6, 6.07) is 0. The molecule has 0 heterocycles. The summed E-state index contributed by atoms with van der Waals surface area (Å²) in [5.74, 6) is -2.45. The Morgan fingerprint density at radius 3 is 2.79 bits per heavy atom. The number of esters is 1. The van der Waals surface area contributed by atoms with Crippen molar-refractivity contribution < 1.29 is 19.4 Å². The van der Waals surface area contributed by atoms with E-state index in [2.05, 4.69) is 4.74 Å². The van der Waals surface area contributed by atoms with Crippen LogP contribution in [0.25, 0.3) is 0 Å². The summed E-state index contributed by atoms with van der Waals surface area (Å²) < 4.78 is 4.53. The maximum atomic E-state index is 11.2. The van der Waals surface area contributed by atoms with Crippen LogP contribution in [0.2, 0.25) is 0 Å². The third-order valence-electron chi connectivity index (χ3n) is 2.29. The van der Waals surface area contributed by atoms with Crippen molar-refractivity contribution in [2.75, 3.05) is 7.11 Å². The molecule has 0 aromatic carbocycles. The van der Waals surface area contributed by atoms with Gasteiger partial charge in [-0.2, -0.15) is 0 Å². The number of methoxy groups -OCH3 is 1. The van der Waals surface area contributed by atoms with Crippen LogP contribution in [0.15, 0.2) is 11.8 Å². The second-order valence-electron chi connectivity index (χ2n) is 3.35. The number of carboxylic acid groups (broad SMARTS) is 1. The van der Waals surface area contributed by atoms with Gasteiger partial charge in [0, 0.05) is 5.70 Å². The van der Waals surface area contributed by atoms with Gasteiger partial charge in [0.05, 0.1) is 18.9 Å². The second kappa shape index (κ2) is 4.13. The topological polar surface area (TPSA) is 89.6 Å². The van der Waals surface area contributed by atoms with Crippen molar-refractivity contribution in [2.45, 2.75) is 12.8 Å². The first kappa shape index (κ1) is 10.6. The molecule has 14 heavy (non-hydrogen) atoms. The van der Waals surface area contributed by atoms with Gasteiger partial charge in [-0.3, -0.25) is 9.59 Å². The molecule has 0 amide bonds. The van der Waals surface area contributed by atoms with E-state index >= 15 is 0 Å². The molecule has 0 saturated carbocycles. The van der Waals surface area contributed by atoms with Gasteiger partial charge in [-0.05, 0) is 12.8 Å². The van der Waals surface area contributed by atoms with Crippen LogP contribution in [-0.4, -0.2) is 24.2 Å². The lowest BCUT2D eigenvalue weighted by Crippen LogP contribution is -2.28. The Balaban J connectivity index is 2.75. The Hall–Kier alpha value is -1.52. The minimum absolute atomic E-state index is 0.267. The molecule has 1 aliphatic rings. The van der Waals surface area contributed by atoms with Crippen molar-refractivity contribution in [3.8, 4) is 0 Å². The van der Waals surface area contributed by atoms with Crippen LogP contribution in [0.5, 0.6) is 0 Å². The van der Waals surface area contributed by atoms with Gasteiger partial charge in [0.25, 0.3) is 0 Å². The zero-order chi connectivity index (χ0) is 10.7. The smallest absolute Gasteiger partial charge is 0.312 e. The van der Waals surface area contributed by atoms with Crippen LogP contribution in [-0.2, 0) is 14.3 Å². The first-order valence-electron chi connectivity index (χ1n) is 4.31. The molecule has 0 saturated heterocycles. The molecule has 3 N–H and O–H groups in total. The molecule has 0 spiro atoms. The zero-order valence-electron chi connectivity index (χ0n) is 7.90. The van der Waals surface area contributed by atoms with E-state index in [4.69, 9.17) is 10.8 Å². The van der Waals surface area contributed by atoms with Crippen molar-refractivity contribution in [1.82, 2.24) is 0 Å². The Morgan fingerprint density at radius 2 is 2.29 bits per heavy atom. The number of allylic oxidation sites excluding steroid dienone is 1. The minimum atomic E-state index is -0.921. The number of carboxylic acids is 1. The fourth-order valence-electron chi connectivity index (χ4n) is 1.57. The van der Waals surface area contributed by atoms with Crippen molar-refractivity contribution >= 4 is 11.9 Å². The van der Waals surface area contributed by atoms with Gasteiger partial charge in [-0.1, -0.05) is 6.08 Å². The molecule has 1 aliphatic carbocycles. The molecular formula is C9H13NO4. The maximum Gasteiger partial charge on any atom is 0.312 e. The molecule has 78 valence electrons. The number of hydrogen-bond donors (Lipinski definition) is 2. The van der Waals surface area contributed by atoms with Gasteiger partial charge in [0.1, 0.15) is 0 Å². The summed E-state index contributed by atoms with van der Waals surface area (Å²) in [4.78, 5) is 21.9. The summed E-state index contributed by atoms with van der Waals surface area (Å²) in [6.45, 7) is 0. The highest BCUT2D eigenvalue weighted by Gasteiger charge is 2.30. The van der Waals surface area contributed by atoms with Crippen molar-refractivity contribution in [1.29, 1.82) is 0 Å². The van der Waals surface area contributed by atoms with E-state index in [1.807, 2.05) is 0 Å². The number of hydrogen-bond acceptors (Lipinski definition) is 4. The summed E-state index contributed by atoms with van der Waals surface area (Å²) in [7, 11) is 1.27. The highest BCUT2D eigenvalue weighted by Crippen LogP contribution is 2.26. The first-order valence-corrected chi connectivity index (χ1v) is 4.31. The summed E-state index contributed by atoms with van der Waals surface area (Å²) in [5.41, 5.74) is 5.98. The van der Waals surface area contributed by atoms with Gasteiger partial charge in [-0.15, -0.1) is 0 Å². The Bertz CT molecular complexity index is 285. The van der Waals surface area contributed by atoms with Crippen LogP contribution in [0.3, 0.4) is 0 Å². The lowest BCUT2D eigenvalue weighted by molar-refractivity contribution is -0.147. The zero-order valence-corrected chi connectivity index (χ0v) is 7.90. The standard InChI is InChI=1S/C9H13NO4/c1-14-9(13)6-2-5(8(11)12)3-7(10)4-6/h4-6H,2-3,10H2,1H3,(H,11,12). The van der Waals surface area contributed by atoms with E-state index < -0.39 is 23.8 Å². The van der Waals surface area contributed by atoms with Crippen molar-refractivity contribution in [2.24, 2.45) is 17.6 Å². The van der Waals surface area contributed by atoms with E-state index in [-0.39, 0.29) is 6.42 Å². The van der Waals surface area contributed by atoms with Gasteiger partial charge in [0.2, 0.25) is 0 Å². The number of nitrogens with two attached hydrogens (primary N) is 1. The van der Waals surface area contributed by atoms with Crippen LogP contribution < -0.4 is 5.73 Å². The van der Waals surface area contributed by atoms with Crippen LogP contribution in [0.4, 0.5) is 0 Å². The van der Waals surface area contributed by atoms with E-state index in [0.717, 1.165) is 0 Å². The van der Waals surface area contributed by atoms with E-state index in [1.165, 1.54) is 7.11 Å². The molecule has 0 radical (unpaired) electrons. The van der Waals surface area contributed by atoms with Crippen LogP contribution in [0, 0.1) is 11.8 Å². The molecule has 0 aromatic heterocycles. The van der Waals surface area contributed by atoms with Crippen LogP contribution in [0.1, 0.15) is 12.8 Å². The quantitative estimate of drug-likeness (QED) is 0.616. The molecule has 0 aliphatic heterocycles. The van der Waals surface area contributed by atoms with Gasteiger partial charge < -0.3 is 15.6 Å². The lowest BCUT2D eigenvalue weighted by atomic mass is 9.85. The van der Waals surface area contributed by atoms with Gasteiger partial charge in [-0.25, -0.2) is 0 Å². The van der Waals surface area contributed by atoms with Crippen molar-refractivity contribution in [3.63, 3.8) is 0 Å². The fourth-order valence-corrected chi connectivity index (χ4v) is 1.57. The highest BCUT2D eigenvalue weighted by atomic mass is 16.5. The second-order valence-corrected chi connectivity index (χ2v) is 3.35. The third kappa shape index (κ3) is 2.25. The lowest BCUT2D eigenvalue weighted by Gasteiger charge is -2.22. The molecule has 0 aromatic rings. The number of carbonyl (C=O) groups excluding carboxylic acids is 1. The third-order valence-corrected chi connectivity index (χ3v) is 2.29. The normalized spacial score (nSPS) is 26.5. The first-order chi connectivity index (χ1) is 6.54. The molecule has 2 atom stereocenters. The molecule has 5 nitrogen and oxygen atoms in total. The van der Waals surface area contributed by atoms with E-state index in [9.17, 15) is 9.59 Å². The molecule has 2 unspecified atom stereocenters. The summed E-state index contributed by atoms with van der Waals surface area (Å²) >= 11 is 0. The Morgan fingerprint density at radius 1 is 1.64 bits per heavy atom.